The summed E-state index contributed by atoms with van der Waals surface area (Å²) in [6.07, 6.45) is 1.83. The van der Waals surface area contributed by atoms with Gasteiger partial charge in [-0.15, -0.1) is 11.8 Å². The van der Waals surface area contributed by atoms with E-state index in [1.165, 1.54) is 0 Å². The van der Waals surface area contributed by atoms with E-state index in [0.29, 0.717) is 23.0 Å². The molecule has 0 unspecified atom stereocenters. The lowest BCUT2D eigenvalue weighted by atomic mass is 10.2. The van der Waals surface area contributed by atoms with Crippen LogP contribution >= 0.6 is 11.8 Å². The maximum Gasteiger partial charge on any atom is 0.230 e. The van der Waals surface area contributed by atoms with Crippen molar-refractivity contribution in [1.29, 1.82) is 0 Å². The highest BCUT2D eigenvalue weighted by molar-refractivity contribution is 7.99. The van der Waals surface area contributed by atoms with Crippen molar-refractivity contribution in [3.05, 3.63) is 60.1 Å². The molecule has 2 aromatic heterocycles. The van der Waals surface area contributed by atoms with Crippen molar-refractivity contribution in [3.63, 3.8) is 0 Å². The molecule has 0 aliphatic rings. The average molecular weight is 353 g/mol. The standard InChI is InChI=1S/C19H19N3O2S/c1-3-25-18-10-9-15(12-20-18)21-17(23)11-16-13(2)24-19(22-16)14-7-5-4-6-8-14/h4-10,12H,3,11H2,1-2H3,(H,21,23). The van der Waals surface area contributed by atoms with Crippen molar-refractivity contribution in [2.24, 2.45) is 0 Å². The summed E-state index contributed by atoms with van der Waals surface area (Å²) >= 11 is 1.66. The first-order valence-corrected chi connectivity index (χ1v) is 9.04. The Bertz CT molecular complexity index is 845. The Kier molecular flexibility index (Phi) is 5.50. The quantitative estimate of drug-likeness (QED) is 0.668. The molecule has 5 nitrogen and oxygen atoms in total. The third-order valence-electron chi connectivity index (χ3n) is 3.55. The Labute approximate surface area is 150 Å². The summed E-state index contributed by atoms with van der Waals surface area (Å²) in [4.78, 5) is 21.0. The van der Waals surface area contributed by atoms with E-state index in [9.17, 15) is 4.79 Å². The van der Waals surface area contributed by atoms with E-state index in [2.05, 4.69) is 22.2 Å². The summed E-state index contributed by atoms with van der Waals surface area (Å²) in [6.45, 7) is 3.90. The molecule has 1 aromatic carbocycles. The Hall–Kier alpha value is -2.60. The first-order valence-electron chi connectivity index (χ1n) is 8.06. The van der Waals surface area contributed by atoms with E-state index < -0.39 is 0 Å². The number of benzene rings is 1. The maximum absolute atomic E-state index is 12.3. The van der Waals surface area contributed by atoms with E-state index in [1.807, 2.05) is 49.4 Å². The van der Waals surface area contributed by atoms with Crippen LogP contribution in [0.1, 0.15) is 18.4 Å². The molecule has 3 aromatic rings. The van der Waals surface area contributed by atoms with Crippen LogP contribution in [0.4, 0.5) is 5.69 Å². The molecule has 0 saturated heterocycles. The largest absolute Gasteiger partial charge is 0.441 e. The molecule has 128 valence electrons. The summed E-state index contributed by atoms with van der Waals surface area (Å²) in [5.41, 5.74) is 2.21. The Balaban J connectivity index is 1.66. The number of oxazole rings is 1. The van der Waals surface area contributed by atoms with Gasteiger partial charge in [0.25, 0.3) is 0 Å². The minimum absolute atomic E-state index is 0.145. The van der Waals surface area contributed by atoms with Crippen LogP contribution in [0, 0.1) is 6.92 Å². The molecule has 1 amide bonds. The van der Waals surface area contributed by atoms with Gasteiger partial charge in [0, 0.05) is 5.56 Å². The molecule has 3 rings (SSSR count). The van der Waals surface area contributed by atoms with Crippen molar-refractivity contribution in [1.82, 2.24) is 9.97 Å². The summed E-state index contributed by atoms with van der Waals surface area (Å²) in [5, 5.41) is 3.79. The smallest absolute Gasteiger partial charge is 0.230 e. The van der Waals surface area contributed by atoms with Gasteiger partial charge >= 0.3 is 0 Å². The zero-order valence-electron chi connectivity index (χ0n) is 14.2. The number of amides is 1. The van der Waals surface area contributed by atoms with Gasteiger partial charge in [-0.1, -0.05) is 25.1 Å². The molecular formula is C19H19N3O2S. The number of carbonyl (C=O) groups is 1. The third-order valence-corrected chi connectivity index (χ3v) is 4.38. The number of anilines is 1. The number of hydrogen-bond acceptors (Lipinski definition) is 5. The first kappa shape index (κ1) is 17.2. The molecule has 0 spiro atoms. The highest BCUT2D eigenvalue weighted by atomic mass is 32.2. The van der Waals surface area contributed by atoms with Crippen LogP contribution in [0.2, 0.25) is 0 Å². The monoisotopic (exact) mass is 353 g/mol. The molecule has 6 heteroatoms. The van der Waals surface area contributed by atoms with Crippen molar-refractivity contribution in [2.75, 3.05) is 11.1 Å². The van der Waals surface area contributed by atoms with Crippen LogP contribution in [-0.4, -0.2) is 21.6 Å². The van der Waals surface area contributed by atoms with E-state index in [0.717, 1.165) is 16.3 Å². The molecule has 0 fully saturated rings. The molecule has 1 N–H and O–H groups in total. The lowest BCUT2D eigenvalue weighted by Gasteiger charge is -2.04. The van der Waals surface area contributed by atoms with Gasteiger partial charge < -0.3 is 9.73 Å². The molecule has 0 radical (unpaired) electrons. The molecule has 25 heavy (non-hydrogen) atoms. The van der Waals surface area contributed by atoms with Crippen molar-refractivity contribution in [3.8, 4) is 11.5 Å². The number of aryl methyl sites for hydroxylation is 1. The average Bonchev–Trinajstić information content (AvgIpc) is 2.98. The molecule has 0 aliphatic heterocycles. The molecule has 0 saturated carbocycles. The SMILES string of the molecule is CCSc1ccc(NC(=O)Cc2nc(-c3ccccc3)oc2C)cn1. The lowest BCUT2D eigenvalue weighted by molar-refractivity contribution is -0.115. The molecular weight excluding hydrogens is 334 g/mol. The predicted octanol–water partition coefficient (Wildman–Crippen LogP) is 4.34. The Morgan fingerprint density at radius 2 is 2.00 bits per heavy atom. The topological polar surface area (TPSA) is 68.0 Å². The fourth-order valence-electron chi connectivity index (χ4n) is 2.34. The van der Waals surface area contributed by atoms with Crippen LogP contribution in [0.25, 0.3) is 11.5 Å². The number of carbonyl (C=O) groups excluding carboxylic acids is 1. The normalized spacial score (nSPS) is 10.6. The zero-order chi connectivity index (χ0) is 17.6. The lowest BCUT2D eigenvalue weighted by Crippen LogP contribution is -2.15. The third kappa shape index (κ3) is 4.48. The number of rotatable bonds is 6. The van der Waals surface area contributed by atoms with Gasteiger partial charge in [0.05, 0.1) is 29.0 Å². The Morgan fingerprint density at radius 1 is 1.20 bits per heavy atom. The second-order valence-corrected chi connectivity index (χ2v) is 6.72. The minimum atomic E-state index is -0.145. The van der Waals surface area contributed by atoms with Crippen LogP contribution in [0.15, 0.2) is 58.1 Å². The predicted molar refractivity (Wildman–Crippen MR) is 99.6 cm³/mol. The summed E-state index contributed by atoms with van der Waals surface area (Å²) in [5.74, 6) is 2.01. The second kappa shape index (κ2) is 7.98. The number of hydrogen-bond donors (Lipinski definition) is 1. The van der Waals surface area contributed by atoms with E-state index in [4.69, 9.17) is 4.42 Å². The molecule has 0 atom stereocenters. The second-order valence-electron chi connectivity index (χ2n) is 5.43. The number of aromatic nitrogens is 2. The van der Waals surface area contributed by atoms with Crippen LogP contribution in [0.3, 0.4) is 0 Å². The zero-order valence-corrected chi connectivity index (χ0v) is 15.0. The van der Waals surface area contributed by atoms with Gasteiger partial charge in [-0.25, -0.2) is 9.97 Å². The highest BCUT2D eigenvalue weighted by Gasteiger charge is 2.14. The van der Waals surface area contributed by atoms with Crippen molar-refractivity contribution in [2.45, 2.75) is 25.3 Å². The van der Waals surface area contributed by atoms with Crippen molar-refractivity contribution >= 4 is 23.4 Å². The maximum atomic E-state index is 12.3. The number of thioether (sulfide) groups is 1. The molecule has 2 heterocycles. The van der Waals surface area contributed by atoms with Crippen LogP contribution < -0.4 is 5.32 Å². The van der Waals surface area contributed by atoms with Crippen molar-refractivity contribution < 1.29 is 9.21 Å². The van der Waals surface area contributed by atoms with Gasteiger partial charge in [0.2, 0.25) is 11.8 Å². The van der Waals surface area contributed by atoms with Crippen LogP contribution in [-0.2, 0) is 11.2 Å². The summed E-state index contributed by atoms with van der Waals surface area (Å²) in [7, 11) is 0. The van der Waals surface area contributed by atoms with Gasteiger partial charge in [-0.05, 0) is 36.9 Å². The number of nitrogens with one attached hydrogen (secondary N) is 1. The number of nitrogens with zero attached hydrogens (tertiary/aromatic N) is 2. The minimum Gasteiger partial charge on any atom is -0.441 e. The van der Waals surface area contributed by atoms with E-state index in [1.54, 1.807) is 18.0 Å². The fourth-order valence-corrected chi connectivity index (χ4v) is 2.93. The summed E-state index contributed by atoms with van der Waals surface area (Å²) in [6, 6.07) is 13.4. The van der Waals surface area contributed by atoms with Gasteiger partial charge in [0.1, 0.15) is 5.76 Å². The molecule has 0 bridgehead atoms. The highest BCUT2D eigenvalue weighted by Crippen LogP contribution is 2.22. The van der Waals surface area contributed by atoms with E-state index >= 15 is 0 Å². The molecule has 0 aliphatic carbocycles. The van der Waals surface area contributed by atoms with E-state index in [-0.39, 0.29) is 12.3 Å². The summed E-state index contributed by atoms with van der Waals surface area (Å²) < 4.78 is 5.69. The number of pyridine rings is 1. The fraction of sp³-hybridized carbons (Fsp3) is 0.211. The Morgan fingerprint density at radius 3 is 2.68 bits per heavy atom. The van der Waals surface area contributed by atoms with Gasteiger partial charge in [-0.3, -0.25) is 4.79 Å². The van der Waals surface area contributed by atoms with Gasteiger partial charge in [0.15, 0.2) is 0 Å². The van der Waals surface area contributed by atoms with Gasteiger partial charge in [-0.2, -0.15) is 0 Å². The first-order chi connectivity index (χ1) is 12.2. The van der Waals surface area contributed by atoms with Crippen LogP contribution in [0.5, 0.6) is 0 Å².